The molecule has 0 saturated heterocycles. The van der Waals surface area contributed by atoms with E-state index in [1.807, 2.05) is 0 Å². The van der Waals surface area contributed by atoms with Crippen LogP contribution in [0.25, 0.3) is 0 Å². The summed E-state index contributed by atoms with van der Waals surface area (Å²) >= 11 is 0. The van der Waals surface area contributed by atoms with E-state index in [1.54, 1.807) is 25.1 Å². The third-order valence-electron chi connectivity index (χ3n) is 2.64. The molecule has 4 N–H and O–H groups in total. The standard InChI is InChI=1S/C14H13FN2O2/c1-8-6-10(16)3-5-12(8)19-13-4-2-9(14(17)18)7-11(13)15/h2-7H,16H2,1H3,(H2,17,18). The molecule has 1 amide bonds. The predicted octanol–water partition coefficient (Wildman–Crippen LogP) is 2.61. The molecule has 0 heterocycles. The number of halogens is 1. The van der Waals surface area contributed by atoms with E-state index in [1.165, 1.54) is 12.1 Å². The first-order valence-corrected chi connectivity index (χ1v) is 5.60. The van der Waals surface area contributed by atoms with Crippen molar-refractivity contribution < 1.29 is 13.9 Å². The fourth-order valence-electron chi connectivity index (χ4n) is 1.64. The Morgan fingerprint density at radius 2 is 1.84 bits per heavy atom. The van der Waals surface area contributed by atoms with Gasteiger partial charge in [-0.3, -0.25) is 4.79 Å². The van der Waals surface area contributed by atoms with Gasteiger partial charge in [0, 0.05) is 11.3 Å². The first-order chi connectivity index (χ1) is 8.97. The van der Waals surface area contributed by atoms with Crippen molar-refractivity contribution in [1.82, 2.24) is 0 Å². The third-order valence-corrected chi connectivity index (χ3v) is 2.64. The number of nitrogens with two attached hydrogens (primary N) is 2. The third kappa shape index (κ3) is 2.82. The fraction of sp³-hybridized carbons (Fsp3) is 0.0714. The average Bonchev–Trinajstić information content (AvgIpc) is 2.34. The second-order valence-electron chi connectivity index (χ2n) is 4.14. The molecule has 0 fully saturated rings. The van der Waals surface area contributed by atoms with Gasteiger partial charge in [0.15, 0.2) is 11.6 Å². The lowest BCUT2D eigenvalue weighted by Gasteiger charge is -2.10. The molecule has 0 aliphatic heterocycles. The Morgan fingerprint density at radius 1 is 1.16 bits per heavy atom. The number of hydrogen-bond donors (Lipinski definition) is 2. The summed E-state index contributed by atoms with van der Waals surface area (Å²) in [6.07, 6.45) is 0. The average molecular weight is 260 g/mol. The van der Waals surface area contributed by atoms with Gasteiger partial charge in [0.1, 0.15) is 5.75 Å². The van der Waals surface area contributed by atoms with E-state index in [4.69, 9.17) is 16.2 Å². The van der Waals surface area contributed by atoms with Crippen LogP contribution in [0.5, 0.6) is 11.5 Å². The molecule has 2 aromatic carbocycles. The van der Waals surface area contributed by atoms with Crippen LogP contribution >= 0.6 is 0 Å². The molecular weight excluding hydrogens is 247 g/mol. The Balaban J connectivity index is 2.31. The van der Waals surface area contributed by atoms with Crippen LogP contribution in [0.15, 0.2) is 36.4 Å². The minimum Gasteiger partial charge on any atom is -0.454 e. The summed E-state index contributed by atoms with van der Waals surface area (Å²) in [5.74, 6) is -0.806. The zero-order chi connectivity index (χ0) is 14.0. The first-order valence-electron chi connectivity index (χ1n) is 5.60. The molecule has 2 rings (SSSR count). The van der Waals surface area contributed by atoms with Gasteiger partial charge in [0.05, 0.1) is 0 Å². The van der Waals surface area contributed by atoms with Crippen LogP contribution in [0.4, 0.5) is 10.1 Å². The van der Waals surface area contributed by atoms with Gasteiger partial charge in [-0.15, -0.1) is 0 Å². The number of hydrogen-bond acceptors (Lipinski definition) is 3. The van der Waals surface area contributed by atoms with E-state index < -0.39 is 11.7 Å². The number of rotatable bonds is 3. The molecule has 5 heteroatoms. The minimum atomic E-state index is -0.686. The molecule has 0 unspecified atom stereocenters. The summed E-state index contributed by atoms with van der Waals surface area (Å²) in [4.78, 5) is 10.9. The van der Waals surface area contributed by atoms with Crippen LogP contribution in [0.1, 0.15) is 15.9 Å². The van der Waals surface area contributed by atoms with Crippen LogP contribution in [0.3, 0.4) is 0 Å². The van der Waals surface area contributed by atoms with Gasteiger partial charge >= 0.3 is 0 Å². The summed E-state index contributed by atoms with van der Waals surface area (Å²) in [6.45, 7) is 1.81. The number of nitrogen functional groups attached to an aromatic ring is 1. The summed E-state index contributed by atoms with van der Waals surface area (Å²) in [7, 11) is 0. The first kappa shape index (κ1) is 12.9. The monoisotopic (exact) mass is 260 g/mol. The summed E-state index contributed by atoms with van der Waals surface area (Å²) < 4.78 is 19.2. The molecule has 0 aliphatic carbocycles. The molecule has 19 heavy (non-hydrogen) atoms. The number of amides is 1. The molecule has 0 radical (unpaired) electrons. The summed E-state index contributed by atoms with van der Waals surface area (Å²) in [5, 5.41) is 0. The summed E-state index contributed by atoms with van der Waals surface area (Å²) in [5.41, 5.74) is 12.2. The number of anilines is 1. The fourth-order valence-corrected chi connectivity index (χ4v) is 1.64. The topological polar surface area (TPSA) is 78.3 Å². The molecule has 98 valence electrons. The Labute approximate surface area is 109 Å². The van der Waals surface area contributed by atoms with E-state index in [2.05, 4.69) is 0 Å². The lowest BCUT2D eigenvalue weighted by molar-refractivity contribution is 0.1000. The van der Waals surface area contributed by atoms with Gasteiger partial charge < -0.3 is 16.2 Å². The number of carbonyl (C=O) groups is 1. The maximum atomic E-state index is 13.7. The minimum absolute atomic E-state index is 0.0258. The Morgan fingerprint density at radius 3 is 2.42 bits per heavy atom. The number of ether oxygens (including phenoxy) is 1. The maximum absolute atomic E-state index is 13.7. The number of carbonyl (C=O) groups excluding carboxylic acids is 1. The Hall–Kier alpha value is -2.56. The van der Waals surface area contributed by atoms with Crippen molar-refractivity contribution in [3.05, 3.63) is 53.3 Å². The van der Waals surface area contributed by atoms with Crippen molar-refractivity contribution in [1.29, 1.82) is 0 Å². The largest absolute Gasteiger partial charge is 0.454 e. The molecule has 2 aromatic rings. The normalized spacial score (nSPS) is 10.2. The van der Waals surface area contributed by atoms with Crippen molar-refractivity contribution in [2.24, 2.45) is 5.73 Å². The highest BCUT2D eigenvalue weighted by atomic mass is 19.1. The van der Waals surface area contributed by atoms with Gasteiger partial charge in [-0.1, -0.05) is 0 Å². The molecule has 0 aromatic heterocycles. The van der Waals surface area contributed by atoms with Gasteiger partial charge in [-0.25, -0.2) is 4.39 Å². The smallest absolute Gasteiger partial charge is 0.248 e. The van der Waals surface area contributed by atoms with Crippen molar-refractivity contribution >= 4 is 11.6 Å². The summed E-state index contributed by atoms with van der Waals surface area (Å²) in [6, 6.07) is 8.87. The number of benzene rings is 2. The van der Waals surface area contributed by atoms with E-state index in [9.17, 15) is 9.18 Å². The lowest BCUT2D eigenvalue weighted by atomic mass is 10.2. The van der Waals surface area contributed by atoms with Crippen LogP contribution in [0.2, 0.25) is 0 Å². The molecule has 0 bridgehead atoms. The van der Waals surface area contributed by atoms with Crippen LogP contribution < -0.4 is 16.2 Å². The van der Waals surface area contributed by atoms with Crippen molar-refractivity contribution in [3.63, 3.8) is 0 Å². The Bertz CT molecular complexity index is 641. The van der Waals surface area contributed by atoms with Crippen molar-refractivity contribution in [2.45, 2.75) is 6.92 Å². The molecule has 4 nitrogen and oxygen atoms in total. The van der Waals surface area contributed by atoms with Gasteiger partial charge in [-0.2, -0.15) is 0 Å². The van der Waals surface area contributed by atoms with E-state index in [0.717, 1.165) is 11.6 Å². The van der Waals surface area contributed by atoms with Crippen LogP contribution in [0, 0.1) is 12.7 Å². The second-order valence-corrected chi connectivity index (χ2v) is 4.14. The lowest BCUT2D eigenvalue weighted by Crippen LogP contribution is -2.11. The zero-order valence-electron chi connectivity index (χ0n) is 10.3. The molecular formula is C14H13FN2O2. The second kappa shape index (κ2) is 4.97. The van der Waals surface area contributed by atoms with Crippen LogP contribution in [-0.2, 0) is 0 Å². The van der Waals surface area contributed by atoms with E-state index in [-0.39, 0.29) is 11.3 Å². The number of primary amides is 1. The van der Waals surface area contributed by atoms with Gasteiger partial charge in [0.25, 0.3) is 0 Å². The SMILES string of the molecule is Cc1cc(N)ccc1Oc1ccc(C(N)=O)cc1F. The van der Waals surface area contributed by atoms with Crippen molar-refractivity contribution in [3.8, 4) is 11.5 Å². The van der Waals surface area contributed by atoms with Crippen molar-refractivity contribution in [2.75, 3.05) is 5.73 Å². The zero-order valence-corrected chi connectivity index (χ0v) is 10.3. The molecule has 0 aliphatic rings. The van der Waals surface area contributed by atoms with Gasteiger partial charge in [-0.05, 0) is 48.9 Å². The predicted molar refractivity (Wildman–Crippen MR) is 70.6 cm³/mol. The highest BCUT2D eigenvalue weighted by Gasteiger charge is 2.10. The van der Waals surface area contributed by atoms with E-state index in [0.29, 0.717) is 11.4 Å². The maximum Gasteiger partial charge on any atom is 0.248 e. The molecule has 0 atom stereocenters. The highest BCUT2D eigenvalue weighted by molar-refractivity contribution is 5.92. The van der Waals surface area contributed by atoms with Crippen LogP contribution in [-0.4, -0.2) is 5.91 Å². The highest BCUT2D eigenvalue weighted by Crippen LogP contribution is 2.28. The van der Waals surface area contributed by atoms with Gasteiger partial charge in [0.2, 0.25) is 5.91 Å². The number of aryl methyl sites for hydroxylation is 1. The van der Waals surface area contributed by atoms with E-state index >= 15 is 0 Å². The Kier molecular flexibility index (Phi) is 3.37. The molecule has 0 spiro atoms. The quantitative estimate of drug-likeness (QED) is 0.832. The molecule has 0 saturated carbocycles.